The molecule has 0 unspecified atom stereocenters. The fourth-order valence-electron chi connectivity index (χ4n) is 2.43. The number of anilines is 1. The number of hydrogen-bond acceptors (Lipinski definition) is 2. The Morgan fingerprint density at radius 1 is 1.00 bits per heavy atom. The molecule has 0 radical (unpaired) electrons. The first-order valence-electron chi connectivity index (χ1n) is 7.58. The summed E-state index contributed by atoms with van der Waals surface area (Å²) in [4.78, 5) is 12.3. The predicted molar refractivity (Wildman–Crippen MR) is 97.8 cm³/mol. The highest BCUT2D eigenvalue weighted by Gasteiger charge is 2.11. The van der Waals surface area contributed by atoms with Gasteiger partial charge in [0.1, 0.15) is 11.6 Å². The molecule has 0 bridgehead atoms. The molecule has 0 atom stereocenters. The molecular formula is C20H15ClFNO2. The molecule has 0 aromatic heterocycles. The Kier molecular flexibility index (Phi) is 5.00. The largest absolute Gasteiger partial charge is 0.497 e. The summed E-state index contributed by atoms with van der Waals surface area (Å²) in [5, 5.41) is 2.85. The van der Waals surface area contributed by atoms with E-state index in [9.17, 15) is 9.18 Å². The molecule has 5 heteroatoms. The SMILES string of the molecule is COc1ccc(-c2cccc(NC(=O)c3ccc(F)cc3Cl)c2)cc1. The Morgan fingerprint density at radius 2 is 1.76 bits per heavy atom. The van der Waals surface area contributed by atoms with Crippen LogP contribution < -0.4 is 10.1 Å². The van der Waals surface area contributed by atoms with Crippen molar-refractivity contribution < 1.29 is 13.9 Å². The average Bonchev–Trinajstić information content (AvgIpc) is 2.62. The van der Waals surface area contributed by atoms with Crippen LogP contribution in [0.2, 0.25) is 5.02 Å². The third-order valence-corrected chi connectivity index (χ3v) is 4.03. The Hall–Kier alpha value is -2.85. The van der Waals surface area contributed by atoms with Crippen LogP contribution >= 0.6 is 11.6 Å². The molecule has 0 aliphatic rings. The third-order valence-electron chi connectivity index (χ3n) is 3.72. The lowest BCUT2D eigenvalue weighted by Gasteiger charge is -2.09. The van der Waals surface area contributed by atoms with E-state index in [1.54, 1.807) is 13.2 Å². The topological polar surface area (TPSA) is 38.3 Å². The summed E-state index contributed by atoms with van der Waals surface area (Å²) in [6.45, 7) is 0. The maximum atomic E-state index is 13.1. The van der Waals surface area contributed by atoms with Gasteiger partial charge in [0, 0.05) is 5.69 Å². The molecule has 0 heterocycles. The highest BCUT2D eigenvalue weighted by Crippen LogP contribution is 2.25. The van der Waals surface area contributed by atoms with E-state index in [2.05, 4.69) is 5.32 Å². The molecule has 0 saturated heterocycles. The molecule has 0 spiro atoms. The lowest BCUT2D eigenvalue weighted by Crippen LogP contribution is -2.12. The minimum absolute atomic E-state index is 0.0730. The van der Waals surface area contributed by atoms with Gasteiger partial charge < -0.3 is 10.1 Å². The number of halogens is 2. The van der Waals surface area contributed by atoms with Crippen LogP contribution in [0.1, 0.15) is 10.4 Å². The van der Waals surface area contributed by atoms with Crippen molar-refractivity contribution in [1.82, 2.24) is 0 Å². The van der Waals surface area contributed by atoms with E-state index in [4.69, 9.17) is 16.3 Å². The number of nitrogens with one attached hydrogen (secondary N) is 1. The second-order valence-corrected chi connectivity index (χ2v) is 5.79. The van der Waals surface area contributed by atoms with E-state index in [-0.39, 0.29) is 10.6 Å². The van der Waals surface area contributed by atoms with Gasteiger partial charge in [0.05, 0.1) is 17.7 Å². The number of hydrogen-bond donors (Lipinski definition) is 1. The monoisotopic (exact) mass is 355 g/mol. The van der Waals surface area contributed by atoms with Gasteiger partial charge in [-0.25, -0.2) is 4.39 Å². The second kappa shape index (κ2) is 7.36. The summed E-state index contributed by atoms with van der Waals surface area (Å²) in [6, 6.07) is 18.7. The van der Waals surface area contributed by atoms with Gasteiger partial charge in [-0.15, -0.1) is 0 Å². The van der Waals surface area contributed by atoms with E-state index < -0.39 is 11.7 Å². The Morgan fingerprint density at radius 3 is 2.44 bits per heavy atom. The van der Waals surface area contributed by atoms with Crippen molar-refractivity contribution in [2.75, 3.05) is 12.4 Å². The summed E-state index contributed by atoms with van der Waals surface area (Å²) in [5.41, 5.74) is 2.79. The van der Waals surface area contributed by atoms with Crippen LogP contribution in [0.3, 0.4) is 0 Å². The van der Waals surface area contributed by atoms with Gasteiger partial charge >= 0.3 is 0 Å². The normalized spacial score (nSPS) is 10.4. The molecule has 3 rings (SSSR count). The van der Waals surface area contributed by atoms with Gasteiger partial charge in [-0.3, -0.25) is 4.79 Å². The fraction of sp³-hybridized carbons (Fsp3) is 0.0500. The van der Waals surface area contributed by atoms with E-state index in [0.29, 0.717) is 5.69 Å². The molecule has 0 aliphatic heterocycles. The standard InChI is InChI=1S/C20H15ClFNO2/c1-25-17-8-5-13(6-9-17)14-3-2-4-16(11-14)23-20(24)18-10-7-15(22)12-19(18)21/h2-12H,1H3,(H,23,24). The number of rotatable bonds is 4. The average molecular weight is 356 g/mol. The summed E-state index contributed by atoms with van der Waals surface area (Å²) in [5.74, 6) is -0.0981. The lowest BCUT2D eigenvalue weighted by atomic mass is 10.0. The maximum absolute atomic E-state index is 13.1. The summed E-state index contributed by atoms with van der Waals surface area (Å²) in [7, 11) is 1.62. The molecule has 3 nitrogen and oxygen atoms in total. The molecule has 1 N–H and O–H groups in total. The molecule has 126 valence electrons. The van der Waals surface area contributed by atoms with Gasteiger partial charge in [0.2, 0.25) is 0 Å². The van der Waals surface area contributed by atoms with Gasteiger partial charge in [-0.1, -0.05) is 35.9 Å². The van der Waals surface area contributed by atoms with Crippen LogP contribution in [0, 0.1) is 5.82 Å². The zero-order chi connectivity index (χ0) is 17.8. The number of ether oxygens (including phenoxy) is 1. The van der Waals surface area contributed by atoms with Gasteiger partial charge in [-0.05, 0) is 53.6 Å². The van der Waals surface area contributed by atoms with Crippen LogP contribution in [0.4, 0.5) is 10.1 Å². The molecule has 25 heavy (non-hydrogen) atoms. The fourth-order valence-corrected chi connectivity index (χ4v) is 2.69. The van der Waals surface area contributed by atoms with Crippen molar-refractivity contribution in [1.29, 1.82) is 0 Å². The number of carbonyl (C=O) groups excluding carboxylic acids is 1. The lowest BCUT2D eigenvalue weighted by molar-refractivity contribution is 0.102. The van der Waals surface area contributed by atoms with Crippen molar-refractivity contribution in [2.24, 2.45) is 0 Å². The molecule has 1 amide bonds. The minimum atomic E-state index is -0.483. The van der Waals surface area contributed by atoms with E-state index in [1.165, 1.54) is 12.1 Å². The van der Waals surface area contributed by atoms with Gasteiger partial charge in [-0.2, -0.15) is 0 Å². The Labute approximate surface area is 150 Å². The first kappa shape index (κ1) is 17.0. The van der Waals surface area contributed by atoms with Crippen molar-refractivity contribution in [2.45, 2.75) is 0 Å². The number of benzene rings is 3. The Balaban J connectivity index is 1.82. The summed E-state index contributed by atoms with van der Waals surface area (Å²) in [6.07, 6.45) is 0. The van der Waals surface area contributed by atoms with Crippen LogP contribution in [-0.2, 0) is 0 Å². The third kappa shape index (κ3) is 3.98. The van der Waals surface area contributed by atoms with E-state index in [1.807, 2.05) is 42.5 Å². The molecule has 0 aliphatic carbocycles. The minimum Gasteiger partial charge on any atom is -0.497 e. The van der Waals surface area contributed by atoms with Crippen molar-refractivity contribution in [3.05, 3.63) is 83.1 Å². The molecule has 0 saturated carbocycles. The molecule has 0 fully saturated rings. The van der Waals surface area contributed by atoms with E-state index >= 15 is 0 Å². The first-order valence-corrected chi connectivity index (χ1v) is 7.95. The molecule has 3 aromatic rings. The summed E-state index contributed by atoms with van der Waals surface area (Å²) < 4.78 is 18.3. The van der Waals surface area contributed by atoms with Crippen LogP contribution in [0.15, 0.2) is 66.7 Å². The number of carbonyl (C=O) groups is 1. The highest BCUT2D eigenvalue weighted by atomic mass is 35.5. The molecule has 3 aromatic carbocycles. The Bertz CT molecular complexity index is 910. The number of amides is 1. The van der Waals surface area contributed by atoms with Gasteiger partial charge in [0.25, 0.3) is 5.91 Å². The summed E-state index contributed by atoms with van der Waals surface area (Å²) >= 11 is 5.93. The van der Waals surface area contributed by atoms with E-state index in [0.717, 1.165) is 22.9 Å². The smallest absolute Gasteiger partial charge is 0.257 e. The quantitative estimate of drug-likeness (QED) is 0.679. The molecular weight excluding hydrogens is 341 g/mol. The predicted octanol–water partition coefficient (Wildman–Crippen LogP) is 5.41. The number of methoxy groups -OCH3 is 1. The zero-order valence-electron chi connectivity index (χ0n) is 13.4. The van der Waals surface area contributed by atoms with Crippen molar-refractivity contribution >= 4 is 23.2 Å². The van der Waals surface area contributed by atoms with Crippen LogP contribution in [-0.4, -0.2) is 13.0 Å². The van der Waals surface area contributed by atoms with Crippen LogP contribution in [0.5, 0.6) is 5.75 Å². The zero-order valence-corrected chi connectivity index (χ0v) is 14.2. The van der Waals surface area contributed by atoms with Crippen molar-refractivity contribution in [3.63, 3.8) is 0 Å². The second-order valence-electron chi connectivity index (χ2n) is 5.39. The first-order chi connectivity index (χ1) is 12.1. The van der Waals surface area contributed by atoms with Gasteiger partial charge in [0.15, 0.2) is 0 Å². The highest BCUT2D eigenvalue weighted by molar-refractivity contribution is 6.34. The maximum Gasteiger partial charge on any atom is 0.257 e. The van der Waals surface area contributed by atoms with Crippen molar-refractivity contribution in [3.8, 4) is 16.9 Å². The van der Waals surface area contributed by atoms with Crippen LogP contribution in [0.25, 0.3) is 11.1 Å².